The van der Waals surface area contributed by atoms with Crippen LogP contribution in [0.5, 0.6) is 11.5 Å². The second-order valence-electron chi connectivity index (χ2n) is 13.2. The summed E-state index contributed by atoms with van der Waals surface area (Å²) in [6, 6.07) is 8.39. The van der Waals surface area contributed by atoms with Gasteiger partial charge in [0.05, 0.1) is 0 Å². The van der Waals surface area contributed by atoms with E-state index in [1.165, 1.54) is 11.1 Å². The summed E-state index contributed by atoms with van der Waals surface area (Å²) in [6.45, 7) is 26.1. The van der Waals surface area contributed by atoms with Gasteiger partial charge in [0, 0.05) is 6.42 Å². The molecule has 0 saturated carbocycles. The van der Waals surface area contributed by atoms with Gasteiger partial charge >= 0.3 is 0 Å². The van der Waals surface area contributed by atoms with Gasteiger partial charge in [0.25, 0.3) is 0 Å². The minimum atomic E-state index is -0.162. The zero-order chi connectivity index (χ0) is 24.2. The molecule has 2 aromatic carbocycles. The molecule has 0 bridgehead atoms. The van der Waals surface area contributed by atoms with Crippen molar-refractivity contribution in [1.29, 1.82) is 0 Å². The Labute approximate surface area is 190 Å². The van der Waals surface area contributed by atoms with Crippen LogP contribution in [0.4, 0.5) is 0 Å². The van der Waals surface area contributed by atoms with Gasteiger partial charge in [0.15, 0.2) is 0 Å². The Morgan fingerprint density at radius 1 is 0.516 bits per heavy atom. The molecular weight excluding hydrogens is 380 g/mol. The van der Waals surface area contributed by atoms with Gasteiger partial charge in [-0.3, -0.25) is 0 Å². The summed E-state index contributed by atoms with van der Waals surface area (Å²) in [5.74, 6) is 0.706. The van der Waals surface area contributed by atoms with Crippen LogP contribution in [0.2, 0.25) is 0 Å². The van der Waals surface area contributed by atoms with Crippen LogP contribution in [0, 0.1) is 0 Å². The highest BCUT2D eigenvalue weighted by molar-refractivity contribution is 5.54. The van der Waals surface area contributed by atoms with Crippen molar-refractivity contribution in [3.63, 3.8) is 0 Å². The fourth-order valence-electron chi connectivity index (χ4n) is 4.12. The molecule has 2 N–H and O–H groups in total. The van der Waals surface area contributed by atoms with E-state index in [9.17, 15) is 10.2 Å². The van der Waals surface area contributed by atoms with Crippen LogP contribution in [0.1, 0.15) is 116 Å². The van der Waals surface area contributed by atoms with Crippen molar-refractivity contribution in [3.05, 3.63) is 57.6 Å². The fourth-order valence-corrected chi connectivity index (χ4v) is 4.12. The van der Waals surface area contributed by atoms with Crippen LogP contribution in [0.25, 0.3) is 0 Å². The number of hydrogen-bond acceptors (Lipinski definition) is 2. The highest BCUT2D eigenvalue weighted by Crippen LogP contribution is 2.41. The lowest BCUT2D eigenvalue weighted by Crippen LogP contribution is -2.20. The zero-order valence-corrected chi connectivity index (χ0v) is 21.9. The van der Waals surface area contributed by atoms with Gasteiger partial charge in [0.1, 0.15) is 11.5 Å². The molecule has 2 nitrogen and oxygen atoms in total. The third kappa shape index (κ3) is 5.64. The molecule has 0 atom stereocenters. The molecule has 0 saturated heterocycles. The molecule has 0 fully saturated rings. The first-order chi connectivity index (χ1) is 13.7. The molecule has 0 unspecified atom stereocenters. The third-order valence-electron chi connectivity index (χ3n) is 6.08. The van der Waals surface area contributed by atoms with Gasteiger partial charge in [-0.25, -0.2) is 0 Å². The number of benzene rings is 2. The van der Waals surface area contributed by atoms with Crippen molar-refractivity contribution in [2.75, 3.05) is 0 Å². The molecule has 2 rings (SSSR count). The lowest BCUT2D eigenvalue weighted by Gasteiger charge is -2.30. The highest BCUT2D eigenvalue weighted by atomic mass is 16.3. The minimum absolute atomic E-state index is 0.0203. The Bertz CT molecular complexity index is 953. The van der Waals surface area contributed by atoms with Crippen LogP contribution in [0.15, 0.2) is 24.3 Å². The largest absolute Gasteiger partial charge is 0.508 e. The molecular formula is C29H44O2. The van der Waals surface area contributed by atoms with E-state index in [4.69, 9.17) is 0 Å². The molecule has 0 aliphatic heterocycles. The molecule has 0 spiro atoms. The molecule has 172 valence electrons. The predicted molar refractivity (Wildman–Crippen MR) is 134 cm³/mol. The first-order valence-electron chi connectivity index (χ1n) is 11.5. The van der Waals surface area contributed by atoms with Crippen molar-refractivity contribution in [2.45, 2.75) is 111 Å². The lowest BCUT2D eigenvalue weighted by molar-refractivity contribution is 0.436. The lowest BCUT2D eigenvalue weighted by atomic mass is 9.75. The molecule has 0 heterocycles. The van der Waals surface area contributed by atoms with E-state index < -0.39 is 0 Å². The van der Waals surface area contributed by atoms with Crippen molar-refractivity contribution >= 4 is 0 Å². The third-order valence-corrected chi connectivity index (χ3v) is 6.08. The maximum atomic E-state index is 11.3. The summed E-state index contributed by atoms with van der Waals surface area (Å²) in [6.07, 6.45) is 0.587. The Kier molecular flexibility index (Phi) is 6.42. The second kappa shape index (κ2) is 7.87. The van der Waals surface area contributed by atoms with Crippen molar-refractivity contribution in [2.24, 2.45) is 0 Å². The van der Waals surface area contributed by atoms with Gasteiger partial charge in [-0.05, 0) is 61.1 Å². The smallest absolute Gasteiger partial charge is 0.122 e. The van der Waals surface area contributed by atoms with Crippen molar-refractivity contribution in [3.8, 4) is 11.5 Å². The summed E-state index contributed by atoms with van der Waals surface area (Å²) < 4.78 is 0. The van der Waals surface area contributed by atoms with Crippen molar-refractivity contribution in [1.82, 2.24) is 0 Å². The second-order valence-corrected chi connectivity index (χ2v) is 13.2. The van der Waals surface area contributed by atoms with Gasteiger partial charge in [-0.2, -0.15) is 0 Å². The molecule has 0 aliphatic rings. The van der Waals surface area contributed by atoms with Gasteiger partial charge in [-0.15, -0.1) is 0 Å². The molecule has 0 aromatic heterocycles. The Balaban J connectivity index is 2.77. The monoisotopic (exact) mass is 424 g/mol. The van der Waals surface area contributed by atoms with Crippen LogP contribution in [-0.2, 0) is 28.1 Å². The van der Waals surface area contributed by atoms with Crippen LogP contribution in [0.3, 0.4) is 0 Å². The quantitative estimate of drug-likeness (QED) is 0.515. The standard InChI is InChI=1S/C29H44O2/c1-26(2,3)20-14-19(25(31)23(16-20)29(10,11)12)13-18-15-24(30)22(28(7,8)9)17-21(18)27(4,5)6/h14-17,30-31H,13H2,1-12H3. The van der Waals surface area contributed by atoms with Crippen LogP contribution >= 0.6 is 0 Å². The number of phenols is 2. The highest BCUT2D eigenvalue weighted by Gasteiger charge is 2.28. The summed E-state index contributed by atoms with van der Waals surface area (Å²) >= 11 is 0. The molecule has 2 heteroatoms. The zero-order valence-electron chi connectivity index (χ0n) is 21.9. The number of rotatable bonds is 2. The minimum Gasteiger partial charge on any atom is -0.508 e. The summed E-state index contributed by atoms with van der Waals surface area (Å²) in [7, 11) is 0. The Morgan fingerprint density at radius 2 is 1.00 bits per heavy atom. The first kappa shape index (κ1) is 25.3. The van der Waals surface area contributed by atoms with Crippen molar-refractivity contribution < 1.29 is 10.2 Å². The molecule has 0 radical (unpaired) electrons. The van der Waals surface area contributed by atoms with E-state index in [0.29, 0.717) is 17.9 Å². The average molecular weight is 425 g/mol. The first-order valence-corrected chi connectivity index (χ1v) is 11.5. The van der Waals surface area contributed by atoms with E-state index in [1.54, 1.807) is 0 Å². The Morgan fingerprint density at radius 3 is 1.42 bits per heavy atom. The summed E-state index contributed by atoms with van der Waals surface area (Å²) in [4.78, 5) is 0. The van der Waals surface area contributed by atoms with Gasteiger partial charge in [-0.1, -0.05) is 101 Å². The molecule has 31 heavy (non-hydrogen) atoms. The SMILES string of the molecule is CC(C)(C)c1cc(Cc2cc(O)c(C(C)(C)C)cc2C(C)(C)C)c(O)c(C(C)(C)C)c1. The average Bonchev–Trinajstić information content (AvgIpc) is 2.52. The van der Waals surface area contributed by atoms with Crippen LogP contribution in [-0.4, -0.2) is 10.2 Å². The fraction of sp³-hybridized carbons (Fsp3) is 0.586. The maximum Gasteiger partial charge on any atom is 0.122 e. The maximum absolute atomic E-state index is 11.3. The van der Waals surface area contributed by atoms with E-state index in [0.717, 1.165) is 22.3 Å². The van der Waals surface area contributed by atoms with E-state index in [2.05, 4.69) is 101 Å². The molecule has 2 aromatic rings. The molecule has 0 amide bonds. The van der Waals surface area contributed by atoms with Crippen LogP contribution < -0.4 is 0 Å². The predicted octanol–water partition coefficient (Wildman–Crippen LogP) is 7.88. The molecule has 0 aliphatic carbocycles. The van der Waals surface area contributed by atoms with Gasteiger partial charge in [0.2, 0.25) is 0 Å². The Hall–Kier alpha value is -1.96. The number of phenolic OH excluding ortho intramolecular Hbond substituents is 2. The van der Waals surface area contributed by atoms with Gasteiger partial charge < -0.3 is 10.2 Å². The normalized spacial score (nSPS) is 13.5. The number of hydrogen-bond donors (Lipinski definition) is 2. The van der Waals surface area contributed by atoms with E-state index in [1.807, 2.05) is 6.07 Å². The topological polar surface area (TPSA) is 40.5 Å². The van der Waals surface area contributed by atoms with E-state index >= 15 is 0 Å². The number of aromatic hydroxyl groups is 2. The summed E-state index contributed by atoms with van der Waals surface area (Å²) in [5, 5.41) is 22.1. The summed E-state index contributed by atoms with van der Waals surface area (Å²) in [5.41, 5.74) is 5.96. The van der Waals surface area contributed by atoms with E-state index in [-0.39, 0.29) is 21.7 Å².